The van der Waals surface area contributed by atoms with E-state index in [0.29, 0.717) is 30.2 Å². The minimum Gasteiger partial charge on any atom is -0.331 e. The number of hydrogen-bond acceptors (Lipinski definition) is 5. The first-order valence-corrected chi connectivity index (χ1v) is 12.3. The van der Waals surface area contributed by atoms with Gasteiger partial charge in [-0.15, -0.1) is 0 Å². The lowest BCUT2D eigenvalue weighted by atomic mass is 10.1. The molecular weight excluding hydrogens is 440 g/mol. The number of amides is 1. The molecular formula is C24H26N4O4S. The SMILES string of the molecule is Cn1ccnc1C(=O)c1ccc(NC(=O)c2cccc(S(=O)(=O)N3CCCCCC3)c2)cc1. The van der Waals surface area contributed by atoms with Crippen LogP contribution in [0.4, 0.5) is 5.69 Å². The molecule has 3 aromatic rings. The minimum absolute atomic E-state index is 0.119. The van der Waals surface area contributed by atoms with Crippen LogP contribution in [0.2, 0.25) is 0 Å². The summed E-state index contributed by atoms with van der Waals surface area (Å²) in [6.07, 6.45) is 7.00. The molecule has 2 heterocycles. The predicted molar refractivity (Wildman–Crippen MR) is 125 cm³/mol. The minimum atomic E-state index is -3.65. The van der Waals surface area contributed by atoms with Gasteiger partial charge in [0, 0.05) is 49.3 Å². The molecule has 0 spiro atoms. The van der Waals surface area contributed by atoms with Gasteiger partial charge in [-0.05, 0) is 55.3 Å². The lowest BCUT2D eigenvalue weighted by molar-refractivity contribution is 0.102. The Morgan fingerprint density at radius 3 is 2.27 bits per heavy atom. The van der Waals surface area contributed by atoms with Crippen molar-refractivity contribution in [2.75, 3.05) is 18.4 Å². The Hall–Kier alpha value is -3.30. The third kappa shape index (κ3) is 5.04. The highest BCUT2D eigenvalue weighted by atomic mass is 32.2. The van der Waals surface area contributed by atoms with Crippen molar-refractivity contribution in [3.05, 3.63) is 77.9 Å². The number of carbonyl (C=O) groups excluding carboxylic acids is 2. The fourth-order valence-electron chi connectivity index (χ4n) is 3.85. The first-order chi connectivity index (χ1) is 15.9. The smallest absolute Gasteiger partial charge is 0.255 e. The molecule has 33 heavy (non-hydrogen) atoms. The number of hydrogen-bond donors (Lipinski definition) is 1. The van der Waals surface area contributed by atoms with Gasteiger partial charge in [-0.1, -0.05) is 18.9 Å². The second-order valence-electron chi connectivity index (χ2n) is 8.07. The fraction of sp³-hybridized carbons (Fsp3) is 0.292. The van der Waals surface area contributed by atoms with Crippen LogP contribution in [-0.4, -0.2) is 47.1 Å². The number of aromatic nitrogens is 2. The number of sulfonamides is 1. The van der Waals surface area contributed by atoms with E-state index in [4.69, 9.17) is 0 Å². The number of imidazole rings is 1. The van der Waals surface area contributed by atoms with Crippen LogP contribution in [0.3, 0.4) is 0 Å². The Bertz CT molecular complexity index is 1260. The molecule has 0 radical (unpaired) electrons. The number of benzene rings is 2. The topological polar surface area (TPSA) is 101 Å². The molecule has 1 N–H and O–H groups in total. The maximum absolute atomic E-state index is 13.1. The highest BCUT2D eigenvalue weighted by Gasteiger charge is 2.26. The number of carbonyl (C=O) groups is 2. The highest BCUT2D eigenvalue weighted by molar-refractivity contribution is 7.89. The van der Waals surface area contributed by atoms with E-state index in [2.05, 4.69) is 10.3 Å². The van der Waals surface area contributed by atoms with E-state index in [0.717, 1.165) is 25.7 Å². The van der Waals surface area contributed by atoms with Gasteiger partial charge in [0.25, 0.3) is 5.91 Å². The summed E-state index contributed by atoms with van der Waals surface area (Å²) in [5, 5.41) is 2.76. The first kappa shape index (κ1) is 22.9. The quantitative estimate of drug-likeness (QED) is 0.561. The number of nitrogens with zero attached hydrogens (tertiary/aromatic N) is 3. The molecule has 0 bridgehead atoms. The molecule has 0 aliphatic carbocycles. The van der Waals surface area contributed by atoms with Crippen molar-refractivity contribution in [3.63, 3.8) is 0 Å². The van der Waals surface area contributed by atoms with Crippen molar-refractivity contribution in [2.24, 2.45) is 7.05 Å². The highest BCUT2D eigenvalue weighted by Crippen LogP contribution is 2.22. The molecule has 2 aromatic carbocycles. The lowest BCUT2D eigenvalue weighted by Crippen LogP contribution is -2.32. The average molecular weight is 467 g/mol. The van der Waals surface area contributed by atoms with E-state index in [1.165, 1.54) is 16.4 Å². The van der Waals surface area contributed by atoms with Crippen LogP contribution in [0.15, 0.2) is 65.8 Å². The van der Waals surface area contributed by atoms with Crippen molar-refractivity contribution >= 4 is 27.4 Å². The predicted octanol–water partition coefficient (Wildman–Crippen LogP) is 3.47. The third-order valence-corrected chi connectivity index (χ3v) is 7.62. The fourth-order valence-corrected chi connectivity index (χ4v) is 5.41. The lowest BCUT2D eigenvalue weighted by Gasteiger charge is -2.20. The first-order valence-electron chi connectivity index (χ1n) is 10.9. The molecule has 172 valence electrons. The van der Waals surface area contributed by atoms with Gasteiger partial charge in [-0.25, -0.2) is 13.4 Å². The summed E-state index contributed by atoms with van der Waals surface area (Å²) >= 11 is 0. The van der Waals surface area contributed by atoms with E-state index in [1.54, 1.807) is 60.4 Å². The summed E-state index contributed by atoms with van der Waals surface area (Å²) in [5.41, 5.74) is 1.20. The molecule has 9 heteroatoms. The molecule has 1 aromatic heterocycles. The van der Waals surface area contributed by atoms with Crippen molar-refractivity contribution in [1.29, 1.82) is 0 Å². The average Bonchev–Trinajstić information content (AvgIpc) is 3.07. The standard InChI is InChI=1S/C24H26N4O4S/c1-27-16-13-25-23(27)22(29)18-9-11-20(12-10-18)26-24(30)19-7-6-8-21(17-19)33(31,32)28-14-4-2-3-5-15-28/h6-13,16-17H,2-5,14-15H2,1H3,(H,26,30). The van der Waals surface area contributed by atoms with Gasteiger partial charge in [0.1, 0.15) is 0 Å². The number of anilines is 1. The van der Waals surface area contributed by atoms with Gasteiger partial charge in [-0.3, -0.25) is 9.59 Å². The van der Waals surface area contributed by atoms with E-state index < -0.39 is 15.9 Å². The zero-order chi connectivity index (χ0) is 23.4. The van der Waals surface area contributed by atoms with E-state index in [-0.39, 0.29) is 16.2 Å². The Kier molecular flexibility index (Phi) is 6.71. The van der Waals surface area contributed by atoms with Gasteiger partial charge in [0.05, 0.1) is 4.90 Å². The maximum Gasteiger partial charge on any atom is 0.255 e. The van der Waals surface area contributed by atoms with Gasteiger partial charge in [0.15, 0.2) is 5.82 Å². The Morgan fingerprint density at radius 2 is 1.64 bits per heavy atom. The summed E-state index contributed by atoms with van der Waals surface area (Å²) in [6.45, 7) is 1.00. The van der Waals surface area contributed by atoms with Crippen LogP contribution in [0.1, 0.15) is 52.2 Å². The molecule has 1 saturated heterocycles. The molecule has 8 nitrogen and oxygen atoms in total. The molecule has 1 aliphatic heterocycles. The van der Waals surface area contributed by atoms with E-state index in [1.807, 2.05) is 0 Å². The van der Waals surface area contributed by atoms with Gasteiger partial charge < -0.3 is 9.88 Å². The van der Waals surface area contributed by atoms with Crippen LogP contribution < -0.4 is 5.32 Å². The summed E-state index contributed by atoms with van der Waals surface area (Å²) in [7, 11) is -1.90. The van der Waals surface area contributed by atoms with Crippen molar-refractivity contribution in [2.45, 2.75) is 30.6 Å². The molecule has 0 saturated carbocycles. The van der Waals surface area contributed by atoms with Gasteiger partial charge >= 0.3 is 0 Å². The zero-order valence-corrected chi connectivity index (χ0v) is 19.2. The summed E-state index contributed by atoms with van der Waals surface area (Å²) in [6, 6.07) is 12.6. The Balaban J connectivity index is 1.48. The third-order valence-electron chi connectivity index (χ3n) is 5.73. The Morgan fingerprint density at radius 1 is 0.939 bits per heavy atom. The van der Waals surface area contributed by atoms with E-state index >= 15 is 0 Å². The number of nitrogens with one attached hydrogen (secondary N) is 1. The second kappa shape index (κ2) is 9.68. The van der Waals surface area contributed by atoms with E-state index in [9.17, 15) is 18.0 Å². The van der Waals surface area contributed by atoms with Crippen LogP contribution in [0, 0.1) is 0 Å². The number of ketones is 1. The summed E-state index contributed by atoms with van der Waals surface area (Å²) in [5.74, 6) is -0.313. The molecule has 0 atom stereocenters. The van der Waals surface area contributed by atoms with Crippen LogP contribution >= 0.6 is 0 Å². The Labute approximate surface area is 193 Å². The largest absolute Gasteiger partial charge is 0.331 e. The molecule has 1 aliphatic rings. The van der Waals surface area contributed by atoms with Crippen LogP contribution in [0.25, 0.3) is 0 Å². The van der Waals surface area contributed by atoms with Crippen molar-refractivity contribution in [3.8, 4) is 0 Å². The van der Waals surface area contributed by atoms with Crippen LogP contribution in [0.5, 0.6) is 0 Å². The van der Waals surface area contributed by atoms with Crippen LogP contribution in [-0.2, 0) is 17.1 Å². The van der Waals surface area contributed by atoms with Gasteiger partial charge in [0.2, 0.25) is 15.8 Å². The normalized spacial score (nSPS) is 15.1. The summed E-state index contributed by atoms with van der Waals surface area (Å²) in [4.78, 5) is 29.5. The molecule has 1 amide bonds. The van der Waals surface area contributed by atoms with Crippen molar-refractivity contribution < 1.29 is 18.0 Å². The monoisotopic (exact) mass is 466 g/mol. The summed E-state index contributed by atoms with van der Waals surface area (Å²) < 4.78 is 29.3. The number of aryl methyl sites for hydroxylation is 1. The molecule has 1 fully saturated rings. The number of rotatable bonds is 6. The molecule has 0 unspecified atom stereocenters. The zero-order valence-electron chi connectivity index (χ0n) is 18.4. The van der Waals surface area contributed by atoms with Crippen molar-refractivity contribution in [1.82, 2.24) is 13.9 Å². The maximum atomic E-state index is 13.1. The van der Waals surface area contributed by atoms with Gasteiger partial charge in [-0.2, -0.15) is 4.31 Å². The molecule has 4 rings (SSSR count). The second-order valence-corrected chi connectivity index (χ2v) is 10.0.